The van der Waals surface area contributed by atoms with E-state index < -0.39 is 17.8 Å². The standard InChI is InChI=1S/C23H32FN3O3/c1-2-13-25-22(29)20(26-21(28)17-7-9-19(24)10-8-17)16-11-14-27(15-12-16)23(30)18-5-3-4-6-18/h7-10,16,18,20H,2-6,11-15H2,1H3,(H,25,29)(H,26,28)/t20-/m0/s1. The summed E-state index contributed by atoms with van der Waals surface area (Å²) in [7, 11) is 0. The van der Waals surface area contributed by atoms with Crippen molar-refractivity contribution in [1.29, 1.82) is 0 Å². The number of rotatable bonds is 7. The molecule has 2 N–H and O–H groups in total. The van der Waals surface area contributed by atoms with Crippen molar-refractivity contribution in [2.24, 2.45) is 11.8 Å². The molecule has 1 atom stereocenters. The number of nitrogens with one attached hydrogen (secondary N) is 2. The van der Waals surface area contributed by atoms with Gasteiger partial charge in [0.25, 0.3) is 5.91 Å². The largest absolute Gasteiger partial charge is 0.354 e. The van der Waals surface area contributed by atoms with Crippen molar-refractivity contribution in [3.8, 4) is 0 Å². The number of piperidine rings is 1. The fourth-order valence-electron chi connectivity index (χ4n) is 4.47. The summed E-state index contributed by atoms with van der Waals surface area (Å²) in [6, 6.07) is 4.61. The number of carbonyl (C=O) groups is 3. The Morgan fingerprint density at radius 1 is 1.07 bits per heavy atom. The highest BCUT2D eigenvalue weighted by atomic mass is 19.1. The zero-order valence-electron chi connectivity index (χ0n) is 17.7. The molecule has 1 heterocycles. The van der Waals surface area contributed by atoms with Crippen molar-refractivity contribution in [2.45, 2.75) is 57.9 Å². The van der Waals surface area contributed by atoms with Gasteiger partial charge in [0.05, 0.1) is 0 Å². The van der Waals surface area contributed by atoms with Crippen LogP contribution in [0.5, 0.6) is 0 Å². The molecule has 3 amide bonds. The molecular formula is C23H32FN3O3. The molecule has 6 nitrogen and oxygen atoms in total. The third-order valence-electron chi connectivity index (χ3n) is 6.25. The minimum Gasteiger partial charge on any atom is -0.354 e. The first kappa shape index (κ1) is 22.2. The highest BCUT2D eigenvalue weighted by Crippen LogP contribution is 2.29. The van der Waals surface area contributed by atoms with Gasteiger partial charge in [0, 0.05) is 31.1 Å². The molecule has 3 rings (SSSR count). The molecule has 0 aromatic heterocycles. The summed E-state index contributed by atoms with van der Waals surface area (Å²) in [6.45, 7) is 3.74. The molecule has 0 unspecified atom stereocenters. The monoisotopic (exact) mass is 417 g/mol. The van der Waals surface area contributed by atoms with Gasteiger partial charge in [-0.2, -0.15) is 0 Å². The van der Waals surface area contributed by atoms with Crippen LogP contribution in [0.3, 0.4) is 0 Å². The van der Waals surface area contributed by atoms with Gasteiger partial charge < -0.3 is 15.5 Å². The van der Waals surface area contributed by atoms with Crippen LogP contribution in [0.1, 0.15) is 62.2 Å². The lowest BCUT2D eigenvalue weighted by molar-refractivity contribution is -0.137. The fraction of sp³-hybridized carbons (Fsp3) is 0.609. The first-order valence-electron chi connectivity index (χ1n) is 11.1. The summed E-state index contributed by atoms with van der Waals surface area (Å²) in [6.07, 6.45) is 6.37. The second-order valence-corrected chi connectivity index (χ2v) is 8.39. The number of hydrogen-bond acceptors (Lipinski definition) is 3. The summed E-state index contributed by atoms with van der Waals surface area (Å²) in [5.74, 6) is -0.650. The topological polar surface area (TPSA) is 78.5 Å². The molecule has 2 fully saturated rings. The normalized spacial score (nSPS) is 18.8. The van der Waals surface area contributed by atoms with Crippen molar-refractivity contribution >= 4 is 17.7 Å². The Morgan fingerprint density at radius 3 is 2.30 bits per heavy atom. The van der Waals surface area contributed by atoms with E-state index in [1.807, 2.05) is 11.8 Å². The van der Waals surface area contributed by atoms with E-state index in [2.05, 4.69) is 10.6 Å². The maximum atomic E-state index is 13.2. The quantitative estimate of drug-likeness (QED) is 0.716. The van der Waals surface area contributed by atoms with Gasteiger partial charge in [-0.25, -0.2) is 4.39 Å². The van der Waals surface area contributed by atoms with Gasteiger partial charge in [-0.1, -0.05) is 19.8 Å². The molecule has 1 aromatic rings. The van der Waals surface area contributed by atoms with Crippen molar-refractivity contribution in [1.82, 2.24) is 15.5 Å². The van der Waals surface area contributed by atoms with Crippen LogP contribution in [0, 0.1) is 17.7 Å². The third kappa shape index (κ3) is 5.58. The third-order valence-corrected chi connectivity index (χ3v) is 6.25. The molecule has 2 aliphatic rings. The lowest BCUT2D eigenvalue weighted by Crippen LogP contribution is -2.54. The molecule has 1 aromatic carbocycles. The predicted molar refractivity (Wildman–Crippen MR) is 112 cm³/mol. The molecule has 164 valence electrons. The van der Waals surface area contributed by atoms with Crippen LogP contribution in [0.15, 0.2) is 24.3 Å². The Morgan fingerprint density at radius 2 is 1.70 bits per heavy atom. The van der Waals surface area contributed by atoms with E-state index in [-0.39, 0.29) is 23.7 Å². The summed E-state index contributed by atoms with van der Waals surface area (Å²) in [5, 5.41) is 5.73. The number of halogens is 1. The van der Waals surface area contributed by atoms with E-state index in [1.165, 1.54) is 24.3 Å². The van der Waals surface area contributed by atoms with Crippen molar-refractivity contribution in [3.63, 3.8) is 0 Å². The predicted octanol–water partition coefficient (Wildman–Crippen LogP) is 2.88. The van der Waals surface area contributed by atoms with Gasteiger partial charge in [0.2, 0.25) is 11.8 Å². The Kier molecular flexibility index (Phi) is 7.82. The zero-order valence-corrected chi connectivity index (χ0v) is 17.7. The first-order valence-corrected chi connectivity index (χ1v) is 11.1. The Labute approximate surface area is 177 Å². The van der Waals surface area contributed by atoms with Gasteiger partial charge in [-0.15, -0.1) is 0 Å². The Bertz CT molecular complexity index is 739. The van der Waals surface area contributed by atoms with E-state index in [0.29, 0.717) is 38.0 Å². The van der Waals surface area contributed by atoms with Gasteiger partial charge in [-0.05, 0) is 62.3 Å². The van der Waals surface area contributed by atoms with Crippen LogP contribution in [0.25, 0.3) is 0 Å². The number of hydrogen-bond donors (Lipinski definition) is 2. The maximum absolute atomic E-state index is 13.2. The summed E-state index contributed by atoms with van der Waals surface area (Å²) >= 11 is 0. The van der Waals surface area contributed by atoms with E-state index in [1.54, 1.807) is 0 Å². The number of amides is 3. The van der Waals surface area contributed by atoms with Crippen molar-refractivity contribution < 1.29 is 18.8 Å². The second-order valence-electron chi connectivity index (χ2n) is 8.39. The number of likely N-dealkylation sites (tertiary alicyclic amines) is 1. The van der Waals surface area contributed by atoms with Gasteiger partial charge in [0.15, 0.2) is 0 Å². The lowest BCUT2D eigenvalue weighted by atomic mass is 9.87. The average Bonchev–Trinajstić information content (AvgIpc) is 3.31. The summed E-state index contributed by atoms with van der Waals surface area (Å²) in [4.78, 5) is 40.1. The molecule has 1 saturated carbocycles. The van der Waals surface area contributed by atoms with Gasteiger partial charge in [-0.3, -0.25) is 14.4 Å². The Balaban J connectivity index is 1.63. The van der Waals surface area contributed by atoms with Crippen LogP contribution < -0.4 is 10.6 Å². The Hall–Kier alpha value is -2.44. The number of carbonyl (C=O) groups excluding carboxylic acids is 3. The average molecular weight is 418 g/mol. The maximum Gasteiger partial charge on any atom is 0.251 e. The van der Waals surface area contributed by atoms with E-state index in [4.69, 9.17) is 0 Å². The molecule has 0 spiro atoms. The molecular weight excluding hydrogens is 385 g/mol. The van der Waals surface area contributed by atoms with E-state index >= 15 is 0 Å². The summed E-state index contributed by atoms with van der Waals surface area (Å²) in [5.41, 5.74) is 0.318. The number of benzene rings is 1. The van der Waals surface area contributed by atoms with Crippen LogP contribution in [-0.2, 0) is 9.59 Å². The molecule has 7 heteroatoms. The van der Waals surface area contributed by atoms with E-state index in [0.717, 1.165) is 32.1 Å². The van der Waals surface area contributed by atoms with Crippen LogP contribution in [0.4, 0.5) is 4.39 Å². The van der Waals surface area contributed by atoms with Crippen molar-refractivity contribution in [2.75, 3.05) is 19.6 Å². The van der Waals surface area contributed by atoms with Crippen LogP contribution >= 0.6 is 0 Å². The van der Waals surface area contributed by atoms with Gasteiger partial charge in [0.1, 0.15) is 11.9 Å². The molecule has 30 heavy (non-hydrogen) atoms. The zero-order chi connectivity index (χ0) is 21.5. The van der Waals surface area contributed by atoms with E-state index in [9.17, 15) is 18.8 Å². The van der Waals surface area contributed by atoms with Gasteiger partial charge >= 0.3 is 0 Å². The van der Waals surface area contributed by atoms with Crippen LogP contribution in [0.2, 0.25) is 0 Å². The minimum absolute atomic E-state index is 0.0427. The molecule has 0 bridgehead atoms. The smallest absolute Gasteiger partial charge is 0.251 e. The van der Waals surface area contributed by atoms with Crippen molar-refractivity contribution in [3.05, 3.63) is 35.6 Å². The molecule has 1 aliphatic carbocycles. The molecule has 0 radical (unpaired) electrons. The summed E-state index contributed by atoms with van der Waals surface area (Å²) < 4.78 is 13.2. The fourth-order valence-corrected chi connectivity index (χ4v) is 4.47. The second kappa shape index (κ2) is 10.5. The number of nitrogens with zero attached hydrogens (tertiary/aromatic N) is 1. The molecule has 1 saturated heterocycles. The lowest BCUT2D eigenvalue weighted by Gasteiger charge is -2.36. The molecule has 1 aliphatic heterocycles. The highest BCUT2D eigenvalue weighted by molar-refractivity contribution is 5.97. The highest BCUT2D eigenvalue weighted by Gasteiger charge is 2.35. The van der Waals surface area contributed by atoms with Crippen LogP contribution in [-0.4, -0.2) is 48.3 Å². The minimum atomic E-state index is -0.669. The first-order chi connectivity index (χ1) is 14.5. The SMILES string of the molecule is CCCNC(=O)[C@@H](NC(=O)c1ccc(F)cc1)C1CCN(C(=O)C2CCCC2)CC1.